The van der Waals surface area contributed by atoms with Crippen LogP contribution in [0, 0.1) is 23.6 Å². The zero-order valence-corrected chi connectivity index (χ0v) is 18.6. The highest BCUT2D eigenvalue weighted by molar-refractivity contribution is 5.95. The second-order valence-corrected chi connectivity index (χ2v) is 8.55. The molecule has 1 aromatic heterocycles. The third-order valence-electron chi connectivity index (χ3n) is 6.34. The molecule has 1 aliphatic rings. The predicted molar refractivity (Wildman–Crippen MR) is 119 cm³/mol. The van der Waals surface area contributed by atoms with Gasteiger partial charge in [-0.3, -0.25) is 9.59 Å². The van der Waals surface area contributed by atoms with Crippen LogP contribution in [0.4, 0.5) is 27.6 Å². The molecule has 0 bridgehead atoms. The number of carboxylic acids is 1. The standard InChI is InChI=1S/C25H20F5N3O3/c26-18-12-15(25(28,29)30)8-9-20(18)31-23(34)17-3-1-2-16(22(17)24(35)36)13-4-6-14(7-5-13)19-10-11-21(27)33-32-19/h4-12,16-17,22H,1-3H2,(H,31,34)(H,35,36)/t16-,17-,22-/m1/s1. The molecule has 1 amide bonds. The number of halogens is 5. The van der Waals surface area contributed by atoms with E-state index in [-0.39, 0.29) is 12.5 Å². The minimum Gasteiger partial charge on any atom is -0.481 e. The van der Waals surface area contributed by atoms with E-state index in [0.717, 1.165) is 6.07 Å². The Balaban J connectivity index is 1.55. The molecule has 1 fully saturated rings. The minimum atomic E-state index is -4.74. The second-order valence-electron chi connectivity index (χ2n) is 8.55. The minimum absolute atomic E-state index is 0.227. The molecule has 0 spiro atoms. The number of amides is 1. The van der Waals surface area contributed by atoms with Crippen molar-refractivity contribution in [1.29, 1.82) is 0 Å². The Morgan fingerprint density at radius 1 is 0.944 bits per heavy atom. The summed E-state index contributed by atoms with van der Waals surface area (Å²) in [6.45, 7) is 0. The molecule has 4 rings (SSSR count). The van der Waals surface area contributed by atoms with E-state index < -0.39 is 58.8 Å². The van der Waals surface area contributed by atoms with Crippen molar-refractivity contribution < 1.29 is 36.6 Å². The number of hydrogen-bond donors (Lipinski definition) is 2. The van der Waals surface area contributed by atoms with Crippen molar-refractivity contribution in [1.82, 2.24) is 10.2 Å². The van der Waals surface area contributed by atoms with E-state index in [9.17, 15) is 36.6 Å². The summed E-state index contributed by atoms with van der Waals surface area (Å²) in [5.74, 6) is -6.65. The topological polar surface area (TPSA) is 92.2 Å². The molecule has 3 aromatic rings. The summed E-state index contributed by atoms with van der Waals surface area (Å²) in [5, 5.41) is 19.4. The number of benzene rings is 2. The lowest BCUT2D eigenvalue weighted by Crippen LogP contribution is -2.40. The predicted octanol–water partition coefficient (Wildman–Crippen LogP) is 5.66. The zero-order valence-electron chi connectivity index (χ0n) is 18.6. The third-order valence-corrected chi connectivity index (χ3v) is 6.34. The average molecular weight is 505 g/mol. The van der Waals surface area contributed by atoms with Crippen LogP contribution >= 0.6 is 0 Å². The van der Waals surface area contributed by atoms with Crippen molar-refractivity contribution in [3.63, 3.8) is 0 Å². The molecule has 188 valence electrons. The first-order valence-corrected chi connectivity index (χ1v) is 11.0. The maximum absolute atomic E-state index is 14.2. The van der Waals surface area contributed by atoms with E-state index in [1.54, 1.807) is 24.3 Å². The molecule has 0 radical (unpaired) electrons. The van der Waals surface area contributed by atoms with Gasteiger partial charge in [0.05, 0.1) is 28.8 Å². The number of aromatic nitrogens is 2. The third kappa shape index (κ3) is 5.34. The van der Waals surface area contributed by atoms with Crippen LogP contribution in [0.15, 0.2) is 54.6 Å². The van der Waals surface area contributed by atoms with Crippen molar-refractivity contribution >= 4 is 17.6 Å². The number of rotatable bonds is 5. The molecule has 6 nitrogen and oxygen atoms in total. The first-order valence-electron chi connectivity index (χ1n) is 11.0. The number of anilines is 1. The van der Waals surface area contributed by atoms with Crippen molar-refractivity contribution in [2.45, 2.75) is 31.4 Å². The summed E-state index contributed by atoms with van der Waals surface area (Å²) in [4.78, 5) is 25.2. The fourth-order valence-electron chi connectivity index (χ4n) is 4.60. The van der Waals surface area contributed by atoms with Crippen LogP contribution < -0.4 is 5.32 Å². The van der Waals surface area contributed by atoms with Gasteiger partial charge in [-0.25, -0.2) is 4.39 Å². The molecule has 1 aliphatic carbocycles. The molecule has 2 aromatic carbocycles. The Morgan fingerprint density at radius 2 is 1.67 bits per heavy atom. The largest absolute Gasteiger partial charge is 0.481 e. The van der Waals surface area contributed by atoms with Crippen LogP contribution in [0.25, 0.3) is 11.3 Å². The Kier molecular flexibility index (Phi) is 7.00. The molecule has 11 heteroatoms. The summed E-state index contributed by atoms with van der Waals surface area (Å²) in [6.07, 6.45) is -3.50. The van der Waals surface area contributed by atoms with Gasteiger partial charge >= 0.3 is 12.1 Å². The van der Waals surface area contributed by atoms with Crippen molar-refractivity contribution in [2.24, 2.45) is 11.8 Å². The molecule has 1 saturated carbocycles. The van der Waals surface area contributed by atoms with Crippen LogP contribution in [-0.2, 0) is 15.8 Å². The molecule has 0 saturated heterocycles. The number of carbonyl (C=O) groups is 2. The van der Waals surface area contributed by atoms with Crippen molar-refractivity contribution in [3.05, 3.63) is 77.5 Å². The summed E-state index contributed by atoms with van der Waals surface area (Å²) in [6, 6.07) is 11.1. The smallest absolute Gasteiger partial charge is 0.416 e. The Hall–Kier alpha value is -3.89. The first-order chi connectivity index (χ1) is 17.0. The number of hydrogen-bond acceptors (Lipinski definition) is 4. The van der Waals surface area contributed by atoms with Crippen LogP contribution in [0.1, 0.15) is 36.3 Å². The number of nitrogens with one attached hydrogen (secondary N) is 1. The van der Waals surface area contributed by atoms with Gasteiger partial charge in [0, 0.05) is 5.56 Å². The number of nitrogens with zero attached hydrogens (tertiary/aromatic N) is 2. The van der Waals surface area contributed by atoms with Gasteiger partial charge in [0.15, 0.2) is 0 Å². The second kappa shape index (κ2) is 10.00. The Bertz CT molecular complexity index is 1260. The van der Waals surface area contributed by atoms with E-state index in [2.05, 4.69) is 15.5 Å². The lowest BCUT2D eigenvalue weighted by Gasteiger charge is -2.35. The van der Waals surface area contributed by atoms with Gasteiger partial charge in [-0.05, 0) is 54.7 Å². The molecular formula is C25H20F5N3O3. The zero-order chi connectivity index (χ0) is 26.0. The van der Waals surface area contributed by atoms with E-state index in [0.29, 0.717) is 35.7 Å². The highest BCUT2D eigenvalue weighted by Gasteiger charge is 2.43. The van der Waals surface area contributed by atoms with E-state index in [4.69, 9.17) is 0 Å². The molecule has 0 unspecified atom stereocenters. The highest BCUT2D eigenvalue weighted by Crippen LogP contribution is 2.42. The van der Waals surface area contributed by atoms with Gasteiger partial charge < -0.3 is 10.4 Å². The fraction of sp³-hybridized carbons (Fsp3) is 0.280. The highest BCUT2D eigenvalue weighted by atomic mass is 19.4. The Morgan fingerprint density at radius 3 is 2.25 bits per heavy atom. The number of aliphatic carboxylic acids is 1. The maximum Gasteiger partial charge on any atom is 0.416 e. The van der Waals surface area contributed by atoms with Crippen molar-refractivity contribution in [2.75, 3.05) is 5.32 Å². The number of carbonyl (C=O) groups excluding carboxylic acids is 1. The maximum atomic E-state index is 14.2. The molecular weight excluding hydrogens is 485 g/mol. The van der Waals surface area contributed by atoms with E-state index in [1.165, 1.54) is 12.1 Å². The number of alkyl halides is 3. The van der Waals surface area contributed by atoms with Gasteiger partial charge in [-0.2, -0.15) is 17.6 Å². The lowest BCUT2D eigenvalue weighted by molar-refractivity contribution is -0.148. The summed E-state index contributed by atoms with van der Waals surface area (Å²) in [5.41, 5.74) is 0.0795. The molecule has 2 N–H and O–H groups in total. The quantitative estimate of drug-likeness (QED) is 0.437. The summed E-state index contributed by atoms with van der Waals surface area (Å²) >= 11 is 0. The summed E-state index contributed by atoms with van der Waals surface area (Å²) < 4.78 is 65.7. The monoisotopic (exact) mass is 505 g/mol. The molecule has 3 atom stereocenters. The first kappa shape index (κ1) is 25.2. The number of carboxylic acid groups (broad SMARTS) is 1. The van der Waals surface area contributed by atoms with Crippen LogP contribution in [0.2, 0.25) is 0 Å². The van der Waals surface area contributed by atoms with Gasteiger partial charge in [0.1, 0.15) is 5.82 Å². The van der Waals surface area contributed by atoms with Gasteiger partial charge in [-0.15, -0.1) is 10.2 Å². The Labute approximate surface area is 202 Å². The molecule has 36 heavy (non-hydrogen) atoms. The van der Waals surface area contributed by atoms with Crippen LogP contribution in [-0.4, -0.2) is 27.2 Å². The van der Waals surface area contributed by atoms with Crippen molar-refractivity contribution in [3.8, 4) is 11.3 Å². The fourth-order valence-corrected chi connectivity index (χ4v) is 4.60. The van der Waals surface area contributed by atoms with E-state index >= 15 is 0 Å². The SMILES string of the molecule is O=C(O)[C@@H]1[C@@H](c2ccc(-c3ccc(F)nn3)cc2)CCC[C@H]1C(=O)Nc1ccc(C(F)(F)F)cc1F. The van der Waals surface area contributed by atoms with Gasteiger partial charge in [0.25, 0.3) is 0 Å². The molecule has 0 aliphatic heterocycles. The van der Waals surface area contributed by atoms with Gasteiger partial charge in [-0.1, -0.05) is 30.7 Å². The molecule has 1 heterocycles. The average Bonchev–Trinajstić information content (AvgIpc) is 2.84. The van der Waals surface area contributed by atoms with Crippen LogP contribution in [0.5, 0.6) is 0 Å². The lowest BCUT2D eigenvalue weighted by atomic mass is 9.69. The normalized spacial score (nSPS) is 20.1. The van der Waals surface area contributed by atoms with Gasteiger partial charge in [0.2, 0.25) is 11.9 Å². The summed E-state index contributed by atoms with van der Waals surface area (Å²) in [7, 11) is 0. The van der Waals surface area contributed by atoms with Crippen LogP contribution in [0.3, 0.4) is 0 Å². The van der Waals surface area contributed by atoms with E-state index in [1.807, 2.05) is 0 Å².